The summed E-state index contributed by atoms with van der Waals surface area (Å²) in [4.78, 5) is 0. The van der Waals surface area contributed by atoms with Gasteiger partial charge >= 0.3 is 0 Å². The second kappa shape index (κ2) is 5.02. The van der Waals surface area contributed by atoms with Gasteiger partial charge in [-0.3, -0.25) is 0 Å². The highest BCUT2D eigenvalue weighted by Gasteiger charge is 2.09. The monoisotopic (exact) mass is 330 g/mol. The highest BCUT2D eigenvalue weighted by molar-refractivity contribution is 9.10. The molecule has 0 amide bonds. The van der Waals surface area contributed by atoms with Crippen LogP contribution in [0.3, 0.4) is 0 Å². The number of aromatic hydroxyl groups is 2. The SMILES string of the molecule is Oc1ccc(-c2ccn(-c3ccc(Br)cc3)n2)c(O)c1. The summed E-state index contributed by atoms with van der Waals surface area (Å²) in [5.74, 6) is 0.0321. The van der Waals surface area contributed by atoms with E-state index in [1.807, 2.05) is 36.5 Å². The van der Waals surface area contributed by atoms with Crippen molar-refractivity contribution >= 4 is 15.9 Å². The van der Waals surface area contributed by atoms with Crippen molar-refractivity contribution in [1.29, 1.82) is 0 Å². The first-order chi connectivity index (χ1) is 9.63. The standard InChI is InChI=1S/C15H11BrN2O2/c16-10-1-3-11(4-2-10)18-8-7-14(17-18)13-6-5-12(19)9-15(13)20/h1-9,19-20H. The van der Waals surface area contributed by atoms with Crippen molar-refractivity contribution in [2.24, 2.45) is 0 Å². The molecule has 0 saturated carbocycles. The summed E-state index contributed by atoms with van der Waals surface area (Å²) < 4.78 is 2.73. The molecule has 0 aliphatic carbocycles. The summed E-state index contributed by atoms with van der Waals surface area (Å²) in [6.07, 6.45) is 1.82. The minimum atomic E-state index is 0.00561. The third kappa shape index (κ3) is 2.40. The van der Waals surface area contributed by atoms with Crippen LogP contribution in [0, 0.1) is 0 Å². The smallest absolute Gasteiger partial charge is 0.128 e. The van der Waals surface area contributed by atoms with Gasteiger partial charge in [0.15, 0.2) is 0 Å². The zero-order valence-corrected chi connectivity index (χ0v) is 11.9. The van der Waals surface area contributed by atoms with E-state index in [1.165, 1.54) is 12.1 Å². The molecular weight excluding hydrogens is 320 g/mol. The van der Waals surface area contributed by atoms with Crippen LogP contribution in [0.5, 0.6) is 11.5 Å². The first-order valence-corrected chi connectivity index (χ1v) is 6.77. The van der Waals surface area contributed by atoms with Gasteiger partial charge in [-0.1, -0.05) is 15.9 Å². The summed E-state index contributed by atoms with van der Waals surface area (Å²) in [5, 5.41) is 23.6. The number of hydrogen-bond donors (Lipinski definition) is 2. The number of phenols is 2. The predicted octanol–water partition coefficient (Wildman–Crippen LogP) is 3.71. The molecule has 2 N–H and O–H groups in total. The van der Waals surface area contributed by atoms with Crippen LogP contribution in [0.1, 0.15) is 0 Å². The van der Waals surface area contributed by atoms with E-state index in [2.05, 4.69) is 21.0 Å². The fourth-order valence-electron chi connectivity index (χ4n) is 1.94. The van der Waals surface area contributed by atoms with Gasteiger partial charge in [0.05, 0.1) is 11.4 Å². The maximum absolute atomic E-state index is 9.85. The molecule has 2 aromatic carbocycles. The first kappa shape index (κ1) is 12.7. The van der Waals surface area contributed by atoms with Crippen molar-refractivity contribution in [3.63, 3.8) is 0 Å². The summed E-state index contributed by atoms with van der Waals surface area (Å²) in [6, 6.07) is 14.0. The Kier molecular flexibility index (Phi) is 3.20. The van der Waals surface area contributed by atoms with Crippen LogP contribution in [0.2, 0.25) is 0 Å². The predicted molar refractivity (Wildman–Crippen MR) is 80.0 cm³/mol. The van der Waals surface area contributed by atoms with Gasteiger partial charge in [-0.2, -0.15) is 5.10 Å². The van der Waals surface area contributed by atoms with Crippen molar-refractivity contribution < 1.29 is 10.2 Å². The fourth-order valence-corrected chi connectivity index (χ4v) is 2.21. The lowest BCUT2D eigenvalue weighted by Gasteiger charge is -2.03. The normalized spacial score (nSPS) is 10.7. The Morgan fingerprint density at radius 1 is 0.950 bits per heavy atom. The number of phenolic OH excluding ortho intramolecular Hbond substituents is 2. The Labute approximate surface area is 124 Å². The van der Waals surface area contributed by atoms with Crippen molar-refractivity contribution in [2.75, 3.05) is 0 Å². The Morgan fingerprint density at radius 3 is 2.40 bits per heavy atom. The Bertz CT molecular complexity index is 751. The van der Waals surface area contributed by atoms with E-state index in [-0.39, 0.29) is 11.5 Å². The highest BCUT2D eigenvalue weighted by atomic mass is 79.9. The van der Waals surface area contributed by atoms with Crippen LogP contribution in [0.4, 0.5) is 0 Å². The molecule has 20 heavy (non-hydrogen) atoms. The molecular formula is C15H11BrN2O2. The van der Waals surface area contributed by atoms with E-state index in [4.69, 9.17) is 0 Å². The topological polar surface area (TPSA) is 58.3 Å². The molecule has 3 aromatic rings. The average Bonchev–Trinajstić information content (AvgIpc) is 2.89. The number of rotatable bonds is 2. The Morgan fingerprint density at radius 2 is 1.70 bits per heavy atom. The first-order valence-electron chi connectivity index (χ1n) is 5.97. The van der Waals surface area contributed by atoms with Gasteiger partial charge in [-0.05, 0) is 42.5 Å². The van der Waals surface area contributed by atoms with Crippen molar-refractivity contribution in [1.82, 2.24) is 9.78 Å². The average molecular weight is 331 g/mol. The second-order valence-electron chi connectivity index (χ2n) is 4.32. The summed E-state index contributed by atoms with van der Waals surface area (Å²) in [7, 11) is 0. The van der Waals surface area contributed by atoms with E-state index in [1.54, 1.807) is 10.7 Å². The maximum atomic E-state index is 9.85. The van der Waals surface area contributed by atoms with Crippen LogP contribution in [0.15, 0.2) is 59.2 Å². The van der Waals surface area contributed by atoms with E-state index < -0.39 is 0 Å². The van der Waals surface area contributed by atoms with Crippen LogP contribution < -0.4 is 0 Å². The van der Waals surface area contributed by atoms with E-state index >= 15 is 0 Å². The van der Waals surface area contributed by atoms with Gasteiger partial charge in [0.1, 0.15) is 11.5 Å². The number of benzene rings is 2. The minimum Gasteiger partial charge on any atom is -0.508 e. The highest BCUT2D eigenvalue weighted by Crippen LogP contribution is 2.31. The van der Waals surface area contributed by atoms with E-state index in [9.17, 15) is 10.2 Å². The van der Waals surface area contributed by atoms with Gasteiger partial charge in [0, 0.05) is 22.3 Å². The third-order valence-electron chi connectivity index (χ3n) is 2.94. The molecule has 0 aliphatic rings. The summed E-state index contributed by atoms with van der Waals surface area (Å²) in [5.41, 5.74) is 2.15. The lowest BCUT2D eigenvalue weighted by molar-refractivity contribution is 0.451. The minimum absolute atomic E-state index is 0.00561. The van der Waals surface area contributed by atoms with Crippen LogP contribution in [0.25, 0.3) is 16.9 Å². The molecule has 1 heterocycles. The zero-order chi connectivity index (χ0) is 14.1. The largest absolute Gasteiger partial charge is 0.508 e. The van der Waals surface area contributed by atoms with Crippen molar-refractivity contribution in [3.05, 3.63) is 59.2 Å². The van der Waals surface area contributed by atoms with Gasteiger partial charge < -0.3 is 10.2 Å². The van der Waals surface area contributed by atoms with Gasteiger partial charge in [-0.15, -0.1) is 0 Å². The quantitative estimate of drug-likeness (QED) is 0.753. The van der Waals surface area contributed by atoms with Crippen LogP contribution in [-0.4, -0.2) is 20.0 Å². The number of aromatic nitrogens is 2. The molecule has 4 nitrogen and oxygen atoms in total. The molecule has 5 heteroatoms. The number of nitrogens with zero attached hydrogens (tertiary/aromatic N) is 2. The lowest BCUT2D eigenvalue weighted by atomic mass is 10.1. The third-order valence-corrected chi connectivity index (χ3v) is 3.47. The van der Waals surface area contributed by atoms with Crippen LogP contribution in [-0.2, 0) is 0 Å². The van der Waals surface area contributed by atoms with Gasteiger partial charge in [0.2, 0.25) is 0 Å². The Balaban J connectivity index is 1.99. The number of hydrogen-bond acceptors (Lipinski definition) is 3. The molecule has 0 bridgehead atoms. The van der Waals surface area contributed by atoms with E-state index in [0.717, 1.165) is 10.2 Å². The van der Waals surface area contributed by atoms with E-state index in [0.29, 0.717) is 11.3 Å². The lowest BCUT2D eigenvalue weighted by Crippen LogP contribution is -1.94. The molecule has 0 unspecified atom stereocenters. The molecule has 0 fully saturated rings. The maximum Gasteiger partial charge on any atom is 0.128 e. The van der Waals surface area contributed by atoms with Crippen molar-refractivity contribution in [3.8, 4) is 28.4 Å². The van der Waals surface area contributed by atoms with Gasteiger partial charge in [-0.25, -0.2) is 4.68 Å². The van der Waals surface area contributed by atoms with Crippen molar-refractivity contribution in [2.45, 2.75) is 0 Å². The van der Waals surface area contributed by atoms with Gasteiger partial charge in [0.25, 0.3) is 0 Å². The molecule has 3 rings (SSSR count). The summed E-state index contributed by atoms with van der Waals surface area (Å²) >= 11 is 3.39. The molecule has 0 aliphatic heterocycles. The second-order valence-corrected chi connectivity index (χ2v) is 5.24. The Hall–Kier alpha value is -2.27. The number of halogens is 1. The zero-order valence-electron chi connectivity index (χ0n) is 10.4. The molecule has 100 valence electrons. The molecule has 0 spiro atoms. The molecule has 0 radical (unpaired) electrons. The fraction of sp³-hybridized carbons (Fsp3) is 0. The summed E-state index contributed by atoms with van der Waals surface area (Å²) in [6.45, 7) is 0. The van der Waals surface area contributed by atoms with Crippen LogP contribution >= 0.6 is 15.9 Å². The molecule has 1 aromatic heterocycles. The molecule has 0 saturated heterocycles. The molecule has 0 atom stereocenters.